The molecule has 1 amide bonds. The zero-order chi connectivity index (χ0) is 8.97. The highest BCUT2D eigenvalue weighted by molar-refractivity contribution is 5.92. The molecule has 0 saturated carbocycles. The van der Waals surface area contributed by atoms with Crippen LogP contribution in [0.1, 0.15) is 10.5 Å². The second-order valence-corrected chi connectivity index (χ2v) is 2.21. The number of nitrogens with one attached hydrogen (secondary N) is 2. The van der Waals surface area contributed by atoms with Crippen LogP contribution in [-0.4, -0.2) is 29.1 Å². The summed E-state index contributed by atoms with van der Waals surface area (Å²) in [6.45, 7) is 0.0361. The van der Waals surface area contributed by atoms with Gasteiger partial charge in [0.2, 0.25) is 0 Å². The predicted molar refractivity (Wildman–Crippen MR) is 40.2 cm³/mol. The van der Waals surface area contributed by atoms with Crippen LogP contribution in [0.2, 0.25) is 0 Å². The summed E-state index contributed by atoms with van der Waals surface area (Å²) >= 11 is 0. The van der Waals surface area contributed by atoms with Gasteiger partial charge in [-0.2, -0.15) is 0 Å². The molecule has 1 aromatic heterocycles. The van der Waals surface area contributed by atoms with Gasteiger partial charge in [0, 0.05) is 18.8 Å². The first-order valence-electron chi connectivity index (χ1n) is 3.47. The molecule has 4 nitrogen and oxygen atoms in total. The molecule has 0 radical (unpaired) electrons. The van der Waals surface area contributed by atoms with Gasteiger partial charge in [0.15, 0.2) is 0 Å². The van der Waals surface area contributed by atoms with Gasteiger partial charge in [0.25, 0.3) is 5.91 Å². The Kier molecular flexibility index (Phi) is 2.82. The van der Waals surface area contributed by atoms with Crippen molar-refractivity contribution in [1.82, 2.24) is 10.3 Å². The van der Waals surface area contributed by atoms with Crippen LogP contribution in [0, 0.1) is 5.82 Å². The Bertz CT molecular complexity index is 272. The van der Waals surface area contributed by atoms with Gasteiger partial charge >= 0.3 is 0 Å². The van der Waals surface area contributed by atoms with Gasteiger partial charge in [-0.05, 0) is 0 Å². The number of aliphatic hydroxyl groups excluding tert-OH is 1. The van der Waals surface area contributed by atoms with Crippen LogP contribution in [-0.2, 0) is 0 Å². The molecule has 0 bridgehead atoms. The predicted octanol–water partition coefficient (Wildman–Crippen LogP) is -0.124. The highest BCUT2D eigenvalue weighted by Crippen LogP contribution is 1.99. The Morgan fingerprint density at radius 1 is 1.75 bits per heavy atom. The number of amides is 1. The smallest absolute Gasteiger partial charge is 0.267 e. The lowest BCUT2D eigenvalue weighted by Crippen LogP contribution is -2.26. The maximum absolute atomic E-state index is 12.3. The van der Waals surface area contributed by atoms with E-state index in [2.05, 4.69) is 10.3 Å². The molecule has 0 spiro atoms. The first kappa shape index (κ1) is 8.73. The van der Waals surface area contributed by atoms with Crippen molar-refractivity contribution >= 4 is 5.91 Å². The lowest BCUT2D eigenvalue weighted by molar-refractivity contribution is 0.0940. The zero-order valence-corrected chi connectivity index (χ0v) is 6.30. The van der Waals surface area contributed by atoms with E-state index < -0.39 is 11.7 Å². The Morgan fingerprint density at radius 3 is 3.00 bits per heavy atom. The average Bonchev–Trinajstić information content (AvgIpc) is 2.47. The van der Waals surface area contributed by atoms with E-state index in [1.807, 2.05) is 0 Å². The molecule has 0 saturated heterocycles. The van der Waals surface area contributed by atoms with Crippen molar-refractivity contribution < 1.29 is 14.3 Å². The minimum atomic E-state index is -0.482. The molecule has 0 atom stereocenters. The van der Waals surface area contributed by atoms with Gasteiger partial charge in [-0.25, -0.2) is 4.39 Å². The molecule has 0 aliphatic carbocycles. The van der Waals surface area contributed by atoms with E-state index in [1.54, 1.807) is 0 Å². The van der Waals surface area contributed by atoms with Crippen molar-refractivity contribution in [2.45, 2.75) is 0 Å². The summed E-state index contributed by atoms with van der Waals surface area (Å²) < 4.78 is 12.3. The largest absolute Gasteiger partial charge is 0.395 e. The van der Waals surface area contributed by atoms with Gasteiger partial charge in [-0.3, -0.25) is 4.79 Å². The summed E-state index contributed by atoms with van der Waals surface area (Å²) in [6.07, 6.45) is 1.09. The fourth-order valence-electron chi connectivity index (χ4n) is 0.764. The van der Waals surface area contributed by atoms with Crippen LogP contribution in [0.4, 0.5) is 4.39 Å². The van der Waals surface area contributed by atoms with E-state index >= 15 is 0 Å². The monoisotopic (exact) mass is 172 g/mol. The van der Waals surface area contributed by atoms with E-state index in [4.69, 9.17) is 5.11 Å². The Balaban J connectivity index is 2.53. The number of aromatic nitrogens is 1. The Hall–Kier alpha value is -1.36. The molecule has 66 valence electrons. The zero-order valence-electron chi connectivity index (χ0n) is 6.30. The Morgan fingerprint density at radius 2 is 2.50 bits per heavy atom. The van der Waals surface area contributed by atoms with E-state index in [1.165, 1.54) is 0 Å². The lowest BCUT2D eigenvalue weighted by atomic mass is 10.4. The molecule has 12 heavy (non-hydrogen) atoms. The van der Waals surface area contributed by atoms with E-state index in [9.17, 15) is 9.18 Å². The Labute approximate surface area is 68.4 Å². The van der Waals surface area contributed by atoms with Crippen molar-refractivity contribution in [3.8, 4) is 0 Å². The maximum Gasteiger partial charge on any atom is 0.267 e. The van der Waals surface area contributed by atoms with Crippen LogP contribution >= 0.6 is 0 Å². The third-order valence-corrected chi connectivity index (χ3v) is 1.29. The molecule has 0 aromatic carbocycles. The molecule has 0 unspecified atom stereocenters. The SMILES string of the molecule is O=C(NCCO)c1cc(F)c[nH]1. The minimum absolute atomic E-state index is 0.130. The minimum Gasteiger partial charge on any atom is -0.395 e. The molecule has 0 aliphatic rings. The second-order valence-electron chi connectivity index (χ2n) is 2.21. The highest BCUT2D eigenvalue weighted by Gasteiger charge is 2.06. The van der Waals surface area contributed by atoms with Crippen LogP contribution < -0.4 is 5.32 Å². The summed E-state index contributed by atoms with van der Waals surface area (Å²) in [5, 5.41) is 10.7. The molecular weight excluding hydrogens is 163 g/mol. The van der Waals surface area contributed by atoms with Crippen molar-refractivity contribution in [3.63, 3.8) is 0 Å². The maximum atomic E-state index is 12.3. The molecule has 0 fully saturated rings. The first-order chi connectivity index (χ1) is 5.74. The van der Waals surface area contributed by atoms with E-state index in [0.717, 1.165) is 12.3 Å². The number of hydrogen-bond acceptors (Lipinski definition) is 2. The van der Waals surface area contributed by atoms with E-state index in [0.29, 0.717) is 0 Å². The van der Waals surface area contributed by atoms with Crippen LogP contribution in [0.25, 0.3) is 0 Å². The van der Waals surface area contributed by atoms with E-state index in [-0.39, 0.29) is 18.8 Å². The topological polar surface area (TPSA) is 65.1 Å². The van der Waals surface area contributed by atoms with Crippen molar-refractivity contribution in [3.05, 3.63) is 23.8 Å². The third-order valence-electron chi connectivity index (χ3n) is 1.29. The summed E-state index contributed by atoms with van der Waals surface area (Å²) in [5.74, 6) is -0.905. The number of carbonyl (C=O) groups is 1. The van der Waals surface area contributed by atoms with Crippen LogP contribution in [0.5, 0.6) is 0 Å². The van der Waals surface area contributed by atoms with Gasteiger partial charge in [-0.1, -0.05) is 0 Å². The number of aromatic amines is 1. The molecule has 1 heterocycles. The number of H-pyrrole nitrogens is 1. The number of rotatable bonds is 3. The summed E-state index contributed by atoms with van der Waals surface area (Å²) in [5.41, 5.74) is 0.154. The lowest BCUT2D eigenvalue weighted by Gasteiger charge is -1.98. The second kappa shape index (κ2) is 3.87. The number of carbonyl (C=O) groups excluding carboxylic acids is 1. The van der Waals surface area contributed by atoms with Gasteiger partial charge < -0.3 is 15.4 Å². The van der Waals surface area contributed by atoms with Crippen molar-refractivity contribution in [2.75, 3.05) is 13.2 Å². The molecular formula is C7H9FN2O2. The number of hydrogen-bond donors (Lipinski definition) is 3. The average molecular weight is 172 g/mol. The summed E-state index contributed by atoms with van der Waals surface area (Å²) in [7, 11) is 0. The number of aliphatic hydroxyl groups is 1. The van der Waals surface area contributed by atoms with Gasteiger partial charge in [0.05, 0.1) is 6.61 Å². The molecule has 0 aliphatic heterocycles. The van der Waals surface area contributed by atoms with Crippen molar-refractivity contribution in [2.24, 2.45) is 0 Å². The van der Waals surface area contributed by atoms with Gasteiger partial charge in [0.1, 0.15) is 11.5 Å². The van der Waals surface area contributed by atoms with Crippen LogP contribution in [0.15, 0.2) is 12.3 Å². The van der Waals surface area contributed by atoms with Crippen molar-refractivity contribution in [1.29, 1.82) is 0 Å². The summed E-state index contributed by atoms with van der Waals surface area (Å²) in [6, 6.07) is 1.09. The standard InChI is InChI=1S/C7H9FN2O2/c8-5-3-6(10-4-5)7(12)9-1-2-11/h3-4,10-11H,1-2H2,(H,9,12). The highest BCUT2D eigenvalue weighted by atomic mass is 19.1. The number of halogens is 1. The third kappa shape index (κ3) is 2.06. The molecule has 3 N–H and O–H groups in total. The molecule has 1 aromatic rings. The van der Waals surface area contributed by atoms with Crippen LogP contribution in [0.3, 0.4) is 0 Å². The normalized spacial score (nSPS) is 9.83. The quantitative estimate of drug-likeness (QED) is 0.595. The first-order valence-corrected chi connectivity index (χ1v) is 3.47. The van der Waals surface area contributed by atoms with Gasteiger partial charge in [-0.15, -0.1) is 0 Å². The summed E-state index contributed by atoms with van der Waals surface area (Å²) in [4.78, 5) is 13.4. The molecule has 1 rings (SSSR count). The fraction of sp³-hybridized carbons (Fsp3) is 0.286. The fourth-order valence-corrected chi connectivity index (χ4v) is 0.764. The molecule has 5 heteroatoms.